The number of nitrogens with two attached hydrogens (primary N) is 1. The Bertz CT molecular complexity index is 600. The lowest BCUT2D eigenvalue weighted by Gasteiger charge is -2.13. The first-order valence-electron chi connectivity index (χ1n) is 7.57. The van der Waals surface area contributed by atoms with Crippen molar-refractivity contribution in [2.45, 2.75) is 39.0 Å². The molecule has 2 rings (SSSR count). The molecule has 1 aromatic heterocycles. The lowest BCUT2D eigenvalue weighted by molar-refractivity contribution is 0.0947. The maximum atomic E-state index is 13.6. The van der Waals surface area contributed by atoms with Gasteiger partial charge in [-0.15, -0.1) is 0 Å². The van der Waals surface area contributed by atoms with Gasteiger partial charge < -0.3 is 10.2 Å². The standard InChI is InChI=1S/C17H22FNO2/c1-2-4-12(9-10-19)7-8-15(20)16-11-13-5-3-6-14(18)17(13)21-16/h3,5-6,11-12H,2,4,7-10,19H2,1H3. The number of furan rings is 1. The van der Waals surface area contributed by atoms with Crippen molar-refractivity contribution < 1.29 is 13.6 Å². The number of hydrogen-bond acceptors (Lipinski definition) is 3. The van der Waals surface area contributed by atoms with Gasteiger partial charge in [0.25, 0.3) is 0 Å². The summed E-state index contributed by atoms with van der Waals surface area (Å²) in [5, 5.41) is 0.630. The minimum atomic E-state index is -0.432. The molecule has 0 aliphatic rings. The Balaban J connectivity index is 2.03. The summed E-state index contributed by atoms with van der Waals surface area (Å²) in [5.41, 5.74) is 5.76. The molecule has 2 aromatic rings. The highest BCUT2D eigenvalue weighted by atomic mass is 19.1. The molecule has 4 heteroatoms. The molecule has 0 amide bonds. The summed E-state index contributed by atoms with van der Waals surface area (Å²) in [4.78, 5) is 12.2. The number of hydrogen-bond donors (Lipinski definition) is 1. The zero-order chi connectivity index (χ0) is 15.2. The van der Waals surface area contributed by atoms with Gasteiger partial charge in [-0.2, -0.15) is 0 Å². The number of halogens is 1. The first kappa shape index (κ1) is 15.7. The molecular weight excluding hydrogens is 269 g/mol. The van der Waals surface area contributed by atoms with Gasteiger partial charge in [-0.1, -0.05) is 31.9 Å². The van der Waals surface area contributed by atoms with Gasteiger partial charge in [-0.3, -0.25) is 4.79 Å². The summed E-state index contributed by atoms with van der Waals surface area (Å²) in [6, 6.07) is 6.31. The van der Waals surface area contributed by atoms with Crippen LogP contribution in [0, 0.1) is 11.7 Å². The first-order chi connectivity index (χ1) is 10.2. The number of carbonyl (C=O) groups is 1. The minimum absolute atomic E-state index is 0.0660. The quantitative estimate of drug-likeness (QED) is 0.738. The van der Waals surface area contributed by atoms with Crippen molar-refractivity contribution >= 4 is 16.8 Å². The Hall–Kier alpha value is -1.68. The van der Waals surface area contributed by atoms with Crippen molar-refractivity contribution in [2.24, 2.45) is 11.7 Å². The highest BCUT2D eigenvalue weighted by Gasteiger charge is 2.16. The maximum Gasteiger partial charge on any atom is 0.198 e. The molecule has 0 aliphatic heterocycles. The monoisotopic (exact) mass is 291 g/mol. The molecule has 0 saturated carbocycles. The molecule has 1 aromatic carbocycles. The molecule has 0 saturated heterocycles. The van der Waals surface area contributed by atoms with Crippen LogP contribution >= 0.6 is 0 Å². The van der Waals surface area contributed by atoms with E-state index in [4.69, 9.17) is 10.2 Å². The SMILES string of the molecule is CCCC(CCN)CCC(=O)c1cc2cccc(F)c2o1. The van der Waals surface area contributed by atoms with Crippen LogP contribution in [0.4, 0.5) is 4.39 Å². The zero-order valence-electron chi connectivity index (χ0n) is 12.4. The van der Waals surface area contributed by atoms with E-state index in [1.807, 2.05) is 0 Å². The van der Waals surface area contributed by atoms with Gasteiger partial charge in [0, 0.05) is 11.8 Å². The molecule has 0 bridgehead atoms. The van der Waals surface area contributed by atoms with Crippen molar-refractivity contribution in [1.29, 1.82) is 0 Å². The highest BCUT2D eigenvalue weighted by Crippen LogP contribution is 2.24. The Morgan fingerprint density at radius 3 is 2.81 bits per heavy atom. The maximum absolute atomic E-state index is 13.6. The number of fused-ring (bicyclic) bond motifs is 1. The van der Waals surface area contributed by atoms with Gasteiger partial charge in [-0.05, 0) is 37.4 Å². The summed E-state index contributed by atoms with van der Waals surface area (Å²) < 4.78 is 18.9. The van der Waals surface area contributed by atoms with E-state index in [1.54, 1.807) is 18.2 Å². The van der Waals surface area contributed by atoms with Gasteiger partial charge in [0.05, 0.1) is 0 Å². The fraction of sp³-hybridized carbons (Fsp3) is 0.471. The van der Waals surface area contributed by atoms with E-state index >= 15 is 0 Å². The van der Waals surface area contributed by atoms with E-state index in [0.29, 0.717) is 24.3 Å². The second-order valence-corrected chi connectivity index (χ2v) is 5.46. The number of benzene rings is 1. The summed E-state index contributed by atoms with van der Waals surface area (Å²) in [6.07, 6.45) is 4.35. The second kappa shape index (κ2) is 7.36. The summed E-state index contributed by atoms with van der Waals surface area (Å²) in [7, 11) is 0. The first-order valence-corrected chi connectivity index (χ1v) is 7.57. The van der Waals surface area contributed by atoms with E-state index in [2.05, 4.69) is 6.92 Å². The van der Waals surface area contributed by atoms with Crippen LogP contribution in [0.25, 0.3) is 11.0 Å². The third-order valence-electron chi connectivity index (χ3n) is 3.82. The summed E-state index contributed by atoms with van der Waals surface area (Å²) in [5.74, 6) is 0.227. The van der Waals surface area contributed by atoms with E-state index < -0.39 is 5.82 Å². The molecule has 3 nitrogen and oxygen atoms in total. The zero-order valence-corrected chi connectivity index (χ0v) is 12.4. The van der Waals surface area contributed by atoms with Crippen LogP contribution in [-0.4, -0.2) is 12.3 Å². The molecule has 1 heterocycles. The number of rotatable bonds is 8. The van der Waals surface area contributed by atoms with Crippen LogP contribution in [0.5, 0.6) is 0 Å². The molecule has 2 N–H and O–H groups in total. The van der Waals surface area contributed by atoms with Gasteiger partial charge >= 0.3 is 0 Å². The third-order valence-corrected chi connectivity index (χ3v) is 3.82. The summed E-state index contributed by atoms with van der Waals surface area (Å²) in [6.45, 7) is 2.78. The predicted octanol–water partition coefficient (Wildman–Crippen LogP) is 4.30. The number of carbonyl (C=O) groups excluding carboxylic acids is 1. The van der Waals surface area contributed by atoms with Crippen molar-refractivity contribution in [3.05, 3.63) is 35.8 Å². The van der Waals surface area contributed by atoms with Crippen LogP contribution in [0.2, 0.25) is 0 Å². The second-order valence-electron chi connectivity index (χ2n) is 5.46. The van der Waals surface area contributed by atoms with E-state index in [-0.39, 0.29) is 17.1 Å². The molecule has 0 radical (unpaired) electrons. The lowest BCUT2D eigenvalue weighted by atomic mass is 9.93. The van der Waals surface area contributed by atoms with Gasteiger partial charge in [0.15, 0.2) is 22.9 Å². The van der Waals surface area contributed by atoms with Crippen LogP contribution < -0.4 is 5.73 Å². The molecule has 21 heavy (non-hydrogen) atoms. The number of para-hydroxylation sites is 1. The summed E-state index contributed by atoms with van der Waals surface area (Å²) >= 11 is 0. The fourth-order valence-electron chi connectivity index (χ4n) is 2.70. The molecule has 0 aliphatic carbocycles. The molecule has 114 valence electrons. The molecule has 0 fully saturated rings. The smallest absolute Gasteiger partial charge is 0.198 e. The topological polar surface area (TPSA) is 56.2 Å². The average Bonchev–Trinajstić information content (AvgIpc) is 2.90. The predicted molar refractivity (Wildman–Crippen MR) is 81.8 cm³/mol. The fourth-order valence-corrected chi connectivity index (χ4v) is 2.70. The van der Waals surface area contributed by atoms with Gasteiger partial charge in [0.1, 0.15) is 0 Å². The average molecular weight is 291 g/mol. The highest BCUT2D eigenvalue weighted by molar-refractivity contribution is 5.97. The van der Waals surface area contributed by atoms with E-state index in [9.17, 15) is 9.18 Å². The third kappa shape index (κ3) is 3.91. The van der Waals surface area contributed by atoms with Crippen molar-refractivity contribution in [1.82, 2.24) is 0 Å². The molecular formula is C17H22FNO2. The molecule has 1 unspecified atom stereocenters. The lowest BCUT2D eigenvalue weighted by Crippen LogP contribution is -2.10. The van der Waals surface area contributed by atoms with Crippen LogP contribution in [0.15, 0.2) is 28.7 Å². The van der Waals surface area contributed by atoms with Gasteiger partial charge in [-0.25, -0.2) is 4.39 Å². The van der Waals surface area contributed by atoms with Crippen molar-refractivity contribution in [3.8, 4) is 0 Å². The van der Waals surface area contributed by atoms with Crippen LogP contribution in [-0.2, 0) is 0 Å². The van der Waals surface area contributed by atoms with E-state index in [1.165, 1.54) is 6.07 Å². The molecule has 0 spiro atoms. The van der Waals surface area contributed by atoms with Crippen molar-refractivity contribution in [3.63, 3.8) is 0 Å². The Kier molecular flexibility index (Phi) is 5.51. The minimum Gasteiger partial charge on any atom is -0.450 e. The van der Waals surface area contributed by atoms with Crippen LogP contribution in [0.1, 0.15) is 49.6 Å². The Morgan fingerprint density at radius 2 is 2.14 bits per heavy atom. The number of ketones is 1. The molecule has 1 atom stereocenters. The normalized spacial score (nSPS) is 12.7. The van der Waals surface area contributed by atoms with E-state index in [0.717, 1.165) is 25.7 Å². The van der Waals surface area contributed by atoms with Gasteiger partial charge in [0.2, 0.25) is 0 Å². The Morgan fingerprint density at radius 1 is 1.33 bits per heavy atom. The number of Topliss-reactive ketones (excluding diaryl/α,β-unsaturated/α-hetero) is 1. The largest absolute Gasteiger partial charge is 0.450 e. The van der Waals surface area contributed by atoms with Crippen LogP contribution in [0.3, 0.4) is 0 Å². The Labute approximate surface area is 124 Å². The van der Waals surface area contributed by atoms with Crippen molar-refractivity contribution in [2.75, 3.05) is 6.54 Å².